The van der Waals surface area contributed by atoms with Crippen LogP contribution in [0.3, 0.4) is 0 Å². The zero-order valence-electron chi connectivity index (χ0n) is 15.3. The van der Waals surface area contributed by atoms with Gasteiger partial charge in [0.2, 0.25) is 11.9 Å². The molecule has 0 amide bonds. The van der Waals surface area contributed by atoms with Gasteiger partial charge in [-0.15, -0.1) is 0 Å². The molecule has 0 fully saturated rings. The Morgan fingerprint density at radius 2 is 1.88 bits per heavy atom. The molecule has 8 nitrogen and oxygen atoms in total. The van der Waals surface area contributed by atoms with Gasteiger partial charge in [-0.1, -0.05) is 23.9 Å². The Morgan fingerprint density at radius 1 is 1.12 bits per heavy atom. The van der Waals surface area contributed by atoms with E-state index in [0.717, 1.165) is 23.3 Å². The Bertz CT molecular complexity index is 914. The van der Waals surface area contributed by atoms with Crippen molar-refractivity contribution in [1.29, 1.82) is 0 Å². The van der Waals surface area contributed by atoms with Gasteiger partial charge in [-0.2, -0.15) is 15.0 Å². The summed E-state index contributed by atoms with van der Waals surface area (Å²) in [5.74, 6) is 2.18. The van der Waals surface area contributed by atoms with Crippen molar-refractivity contribution in [2.24, 2.45) is 0 Å². The molecule has 3 aromatic rings. The van der Waals surface area contributed by atoms with Crippen LogP contribution in [0.5, 0.6) is 0 Å². The van der Waals surface area contributed by atoms with Gasteiger partial charge >= 0.3 is 0 Å². The number of nitrogens with one attached hydrogen (secondary N) is 1. The molecule has 26 heavy (non-hydrogen) atoms. The fourth-order valence-electron chi connectivity index (χ4n) is 2.40. The SMILES string of the molecule is CCNc1nc(S[C@@H](C)c2nc(N)nc(N(C)C)n2)nc2ccccc12. The molecule has 1 atom stereocenters. The molecule has 0 aliphatic rings. The lowest BCUT2D eigenvalue weighted by Gasteiger charge is -2.15. The van der Waals surface area contributed by atoms with Crippen LogP contribution >= 0.6 is 11.8 Å². The summed E-state index contributed by atoms with van der Waals surface area (Å²) in [6.07, 6.45) is 0. The van der Waals surface area contributed by atoms with E-state index in [4.69, 9.17) is 5.73 Å². The number of anilines is 3. The van der Waals surface area contributed by atoms with Gasteiger partial charge in [0.25, 0.3) is 0 Å². The largest absolute Gasteiger partial charge is 0.370 e. The van der Waals surface area contributed by atoms with Gasteiger partial charge in [-0.25, -0.2) is 9.97 Å². The van der Waals surface area contributed by atoms with Gasteiger partial charge in [0, 0.05) is 26.0 Å². The summed E-state index contributed by atoms with van der Waals surface area (Å²) < 4.78 is 0. The molecule has 0 unspecified atom stereocenters. The molecule has 2 heterocycles. The Morgan fingerprint density at radius 3 is 2.62 bits per heavy atom. The maximum absolute atomic E-state index is 5.83. The first-order valence-corrected chi connectivity index (χ1v) is 9.22. The Labute approximate surface area is 156 Å². The van der Waals surface area contributed by atoms with Crippen molar-refractivity contribution >= 4 is 40.4 Å². The van der Waals surface area contributed by atoms with Gasteiger partial charge in [0.05, 0.1) is 10.8 Å². The molecule has 2 aromatic heterocycles. The predicted octanol–water partition coefficient (Wildman–Crippen LogP) is 2.75. The quantitative estimate of drug-likeness (QED) is 0.500. The summed E-state index contributed by atoms with van der Waals surface area (Å²) in [5.41, 5.74) is 6.73. The van der Waals surface area contributed by atoms with Crippen LogP contribution in [0.4, 0.5) is 17.7 Å². The minimum atomic E-state index is -0.0744. The highest BCUT2D eigenvalue weighted by molar-refractivity contribution is 7.99. The number of rotatable bonds is 6. The second-order valence-electron chi connectivity index (χ2n) is 5.91. The summed E-state index contributed by atoms with van der Waals surface area (Å²) in [5, 5.41) is 4.90. The number of para-hydroxylation sites is 1. The molecule has 3 rings (SSSR count). The van der Waals surface area contributed by atoms with Crippen molar-refractivity contribution in [1.82, 2.24) is 24.9 Å². The van der Waals surface area contributed by atoms with Crippen LogP contribution in [0.15, 0.2) is 29.4 Å². The van der Waals surface area contributed by atoms with E-state index >= 15 is 0 Å². The van der Waals surface area contributed by atoms with Crippen molar-refractivity contribution in [3.8, 4) is 0 Å². The normalized spacial score (nSPS) is 12.2. The first kappa shape index (κ1) is 18.1. The third kappa shape index (κ3) is 3.93. The maximum Gasteiger partial charge on any atom is 0.229 e. The van der Waals surface area contributed by atoms with E-state index in [9.17, 15) is 0 Å². The lowest BCUT2D eigenvalue weighted by molar-refractivity contribution is 0.859. The summed E-state index contributed by atoms with van der Waals surface area (Å²) >= 11 is 1.49. The third-order valence-corrected chi connectivity index (χ3v) is 4.59. The Hall–Kier alpha value is -2.68. The number of hydrogen-bond donors (Lipinski definition) is 2. The summed E-state index contributed by atoms with van der Waals surface area (Å²) in [7, 11) is 3.73. The average Bonchev–Trinajstić information content (AvgIpc) is 2.61. The zero-order valence-corrected chi connectivity index (χ0v) is 16.1. The molecule has 1 aromatic carbocycles. The predicted molar refractivity (Wildman–Crippen MR) is 107 cm³/mol. The lowest BCUT2D eigenvalue weighted by atomic mass is 10.2. The molecule has 136 valence electrons. The van der Waals surface area contributed by atoms with Crippen LogP contribution in [-0.4, -0.2) is 45.6 Å². The first-order chi connectivity index (χ1) is 12.5. The highest BCUT2D eigenvalue weighted by atomic mass is 32.2. The number of fused-ring (bicyclic) bond motifs is 1. The van der Waals surface area contributed by atoms with Crippen LogP contribution in [-0.2, 0) is 0 Å². The minimum Gasteiger partial charge on any atom is -0.370 e. The van der Waals surface area contributed by atoms with Gasteiger partial charge in [0.15, 0.2) is 5.16 Å². The summed E-state index contributed by atoms with van der Waals surface area (Å²) in [4.78, 5) is 24.0. The van der Waals surface area contributed by atoms with E-state index in [1.165, 1.54) is 11.8 Å². The van der Waals surface area contributed by atoms with Crippen LogP contribution in [0.25, 0.3) is 10.9 Å². The van der Waals surface area contributed by atoms with E-state index in [2.05, 4.69) is 30.2 Å². The molecule has 0 bridgehead atoms. The van der Waals surface area contributed by atoms with Crippen molar-refractivity contribution in [2.75, 3.05) is 36.6 Å². The Kier molecular flexibility index (Phi) is 5.36. The second-order valence-corrected chi connectivity index (χ2v) is 7.22. The molecule has 0 aliphatic heterocycles. The number of nitrogens with zero attached hydrogens (tertiary/aromatic N) is 6. The van der Waals surface area contributed by atoms with Crippen LogP contribution in [0.1, 0.15) is 24.9 Å². The van der Waals surface area contributed by atoms with Gasteiger partial charge in [-0.3, -0.25) is 0 Å². The molecule has 0 radical (unpaired) electrons. The number of nitrogens with two attached hydrogens (primary N) is 1. The van der Waals surface area contributed by atoms with Crippen LogP contribution in [0.2, 0.25) is 0 Å². The molecule has 0 saturated carbocycles. The topological polar surface area (TPSA) is 106 Å². The number of nitrogen functional groups attached to an aromatic ring is 1. The lowest BCUT2D eigenvalue weighted by Crippen LogP contribution is -2.16. The number of aromatic nitrogens is 5. The van der Waals surface area contributed by atoms with Crippen molar-refractivity contribution in [3.63, 3.8) is 0 Å². The average molecular weight is 370 g/mol. The monoisotopic (exact) mass is 370 g/mol. The number of benzene rings is 1. The minimum absolute atomic E-state index is 0.0744. The molecule has 0 aliphatic carbocycles. The number of hydrogen-bond acceptors (Lipinski definition) is 9. The molecule has 0 spiro atoms. The van der Waals surface area contributed by atoms with Crippen molar-refractivity contribution in [2.45, 2.75) is 24.3 Å². The van der Waals surface area contributed by atoms with Crippen LogP contribution < -0.4 is 16.0 Å². The molecule has 9 heteroatoms. The fraction of sp³-hybridized carbons (Fsp3) is 0.353. The highest BCUT2D eigenvalue weighted by Crippen LogP contribution is 2.33. The first-order valence-electron chi connectivity index (χ1n) is 8.34. The number of thioether (sulfide) groups is 1. The standard InChI is InChI=1S/C17H22N8S/c1-5-19-14-11-8-6-7-9-12(11)20-17(23-14)26-10(2)13-21-15(18)24-16(22-13)25(3)4/h6-10H,5H2,1-4H3,(H,19,20,23)(H2,18,21,22,24)/t10-/m0/s1. The summed E-state index contributed by atoms with van der Waals surface area (Å²) in [6.45, 7) is 4.84. The molecule has 0 saturated heterocycles. The van der Waals surface area contributed by atoms with E-state index in [-0.39, 0.29) is 11.2 Å². The Balaban J connectivity index is 1.93. The second kappa shape index (κ2) is 7.69. The van der Waals surface area contributed by atoms with Gasteiger partial charge in [-0.05, 0) is 26.0 Å². The fourth-order valence-corrected chi connectivity index (χ4v) is 3.22. The zero-order chi connectivity index (χ0) is 18.7. The molecular formula is C17H22N8S. The smallest absolute Gasteiger partial charge is 0.229 e. The van der Waals surface area contributed by atoms with Crippen molar-refractivity contribution in [3.05, 3.63) is 30.1 Å². The molecular weight excluding hydrogens is 348 g/mol. The maximum atomic E-state index is 5.83. The van der Waals surface area contributed by atoms with Crippen molar-refractivity contribution < 1.29 is 0 Å². The van der Waals surface area contributed by atoms with E-state index in [0.29, 0.717) is 16.9 Å². The highest BCUT2D eigenvalue weighted by Gasteiger charge is 2.17. The third-order valence-electron chi connectivity index (χ3n) is 3.63. The van der Waals surface area contributed by atoms with Gasteiger partial charge < -0.3 is 16.0 Å². The van der Waals surface area contributed by atoms with Gasteiger partial charge in [0.1, 0.15) is 11.6 Å². The molecule has 3 N–H and O–H groups in total. The van der Waals surface area contributed by atoms with E-state index < -0.39 is 0 Å². The van der Waals surface area contributed by atoms with Crippen LogP contribution in [0, 0.1) is 0 Å². The summed E-state index contributed by atoms with van der Waals surface area (Å²) in [6, 6.07) is 7.95. The van der Waals surface area contributed by atoms with E-state index in [1.54, 1.807) is 4.90 Å². The van der Waals surface area contributed by atoms with E-state index in [1.807, 2.05) is 52.2 Å².